The van der Waals surface area contributed by atoms with Crippen LogP contribution in [0.5, 0.6) is 5.75 Å². The van der Waals surface area contributed by atoms with Crippen LogP contribution in [0, 0.1) is 5.92 Å². The first kappa shape index (κ1) is 12.1. The highest BCUT2D eigenvalue weighted by molar-refractivity contribution is 6.30. The summed E-state index contributed by atoms with van der Waals surface area (Å²) in [7, 11) is 2.20. The van der Waals surface area contributed by atoms with Crippen LogP contribution in [0.25, 0.3) is 0 Å². The van der Waals surface area contributed by atoms with E-state index in [9.17, 15) is 0 Å². The number of nitrogens with one attached hydrogen (secondary N) is 1. The summed E-state index contributed by atoms with van der Waals surface area (Å²) in [5.41, 5.74) is 1.03. The molecule has 2 aliphatic rings. The molecule has 2 aliphatic heterocycles. The van der Waals surface area contributed by atoms with Gasteiger partial charge in [0, 0.05) is 11.6 Å². The van der Waals surface area contributed by atoms with Gasteiger partial charge in [-0.3, -0.25) is 0 Å². The van der Waals surface area contributed by atoms with E-state index in [4.69, 9.17) is 16.3 Å². The Kier molecular flexibility index (Phi) is 3.35. The molecule has 1 aromatic carbocycles. The van der Waals surface area contributed by atoms with E-state index in [0.29, 0.717) is 12.0 Å². The average Bonchev–Trinajstić information content (AvgIpc) is 2.38. The second-order valence-electron chi connectivity index (χ2n) is 5.37. The molecule has 0 spiro atoms. The van der Waals surface area contributed by atoms with Gasteiger partial charge in [-0.05, 0) is 50.6 Å². The van der Waals surface area contributed by atoms with Gasteiger partial charge in [-0.2, -0.15) is 0 Å². The van der Waals surface area contributed by atoms with Gasteiger partial charge < -0.3 is 15.0 Å². The lowest BCUT2D eigenvalue weighted by molar-refractivity contribution is 0.159. The predicted molar refractivity (Wildman–Crippen MR) is 74.6 cm³/mol. The number of likely N-dealkylation sites (tertiary alicyclic amines) is 1. The predicted octanol–water partition coefficient (Wildman–Crippen LogP) is 2.85. The molecule has 2 unspecified atom stereocenters. The van der Waals surface area contributed by atoms with E-state index in [1.165, 1.54) is 19.4 Å². The third-order valence-corrected chi connectivity index (χ3v) is 4.17. The summed E-state index contributed by atoms with van der Waals surface area (Å²) >= 11 is 6.03. The van der Waals surface area contributed by atoms with Gasteiger partial charge in [0.05, 0.1) is 11.7 Å². The molecule has 1 fully saturated rings. The summed E-state index contributed by atoms with van der Waals surface area (Å²) in [6.07, 6.45) is 2.56. The molecule has 3 rings (SSSR count). The van der Waals surface area contributed by atoms with Crippen LogP contribution in [0.15, 0.2) is 18.2 Å². The van der Waals surface area contributed by atoms with E-state index < -0.39 is 0 Å². The molecule has 1 saturated heterocycles. The van der Waals surface area contributed by atoms with Crippen molar-refractivity contribution in [1.29, 1.82) is 0 Å². The monoisotopic (exact) mass is 266 g/mol. The van der Waals surface area contributed by atoms with Crippen molar-refractivity contribution in [3.63, 3.8) is 0 Å². The van der Waals surface area contributed by atoms with Crippen LogP contribution in [-0.2, 0) is 0 Å². The van der Waals surface area contributed by atoms with Crippen LogP contribution >= 0.6 is 11.6 Å². The number of hydrogen-bond donors (Lipinski definition) is 1. The second-order valence-corrected chi connectivity index (χ2v) is 5.80. The minimum atomic E-state index is 0.402. The van der Waals surface area contributed by atoms with Gasteiger partial charge in [-0.1, -0.05) is 11.6 Å². The van der Waals surface area contributed by atoms with Gasteiger partial charge in [0.15, 0.2) is 0 Å². The first-order chi connectivity index (χ1) is 8.72. The number of halogens is 1. The molecule has 2 atom stereocenters. The minimum absolute atomic E-state index is 0.402. The number of ether oxygens (including phenoxy) is 1. The summed E-state index contributed by atoms with van der Waals surface area (Å²) < 4.78 is 5.84. The van der Waals surface area contributed by atoms with Gasteiger partial charge in [0.1, 0.15) is 12.4 Å². The molecule has 0 aliphatic carbocycles. The van der Waals surface area contributed by atoms with Crippen molar-refractivity contribution in [1.82, 2.24) is 4.90 Å². The Morgan fingerprint density at radius 3 is 3.17 bits per heavy atom. The summed E-state index contributed by atoms with van der Waals surface area (Å²) in [5.74, 6) is 1.58. The molecule has 0 aromatic heterocycles. The van der Waals surface area contributed by atoms with Crippen molar-refractivity contribution in [2.45, 2.75) is 18.9 Å². The lowest BCUT2D eigenvalue weighted by Gasteiger charge is -2.38. The van der Waals surface area contributed by atoms with Crippen molar-refractivity contribution in [3.8, 4) is 5.75 Å². The lowest BCUT2D eigenvalue weighted by atomic mass is 9.90. The third-order valence-electron chi connectivity index (χ3n) is 3.93. The molecular formula is C14H19ClN2O. The summed E-state index contributed by atoms with van der Waals surface area (Å²) in [4.78, 5) is 2.41. The summed E-state index contributed by atoms with van der Waals surface area (Å²) in [6.45, 7) is 3.12. The number of piperidine rings is 1. The van der Waals surface area contributed by atoms with Gasteiger partial charge >= 0.3 is 0 Å². The van der Waals surface area contributed by atoms with Crippen LogP contribution in [0.3, 0.4) is 0 Å². The molecule has 0 amide bonds. The fraction of sp³-hybridized carbons (Fsp3) is 0.571. The Morgan fingerprint density at radius 1 is 1.44 bits per heavy atom. The van der Waals surface area contributed by atoms with Crippen LogP contribution in [-0.4, -0.2) is 37.7 Å². The van der Waals surface area contributed by atoms with Gasteiger partial charge in [-0.15, -0.1) is 0 Å². The molecule has 1 aromatic rings. The highest BCUT2D eigenvalue weighted by atomic mass is 35.5. The molecule has 98 valence electrons. The first-order valence-corrected chi connectivity index (χ1v) is 6.97. The SMILES string of the molecule is CN1CCCC(C2COc3ccc(Cl)cc3N2)C1. The van der Waals surface area contributed by atoms with Crippen molar-refractivity contribution in [2.24, 2.45) is 5.92 Å². The van der Waals surface area contributed by atoms with E-state index in [-0.39, 0.29) is 0 Å². The molecule has 3 nitrogen and oxygen atoms in total. The number of anilines is 1. The number of rotatable bonds is 1. The number of hydrogen-bond acceptors (Lipinski definition) is 3. The Morgan fingerprint density at radius 2 is 2.33 bits per heavy atom. The van der Waals surface area contributed by atoms with Crippen molar-refractivity contribution in [2.75, 3.05) is 32.1 Å². The highest BCUT2D eigenvalue weighted by Gasteiger charge is 2.29. The molecule has 4 heteroatoms. The van der Waals surface area contributed by atoms with Crippen LogP contribution in [0.4, 0.5) is 5.69 Å². The zero-order valence-corrected chi connectivity index (χ0v) is 11.4. The van der Waals surface area contributed by atoms with Gasteiger partial charge in [0.25, 0.3) is 0 Å². The van der Waals surface area contributed by atoms with Crippen LogP contribution in [0.1, 0.15) is 12.8 Å². The van der Waals surface area contributed by atoms with Crippen molar-refractivity contribution in [3.05, 3.63) is 23.2 Å². The number of nitrogens with zero attached hydrogens (tertiary/aromatic N) is 1. The van der Waals surface area contributed by atoms with Crippen LogP contribution < -0.4 is 10.1 Å². The maximum absolute atomic E-state index is 6.03. The summed E-state index contributed by atoms with van der Waals surface area (Å²) in [6, 6.07) is 6.17. The van der Waals surface area contributed by atoms with E-state index in [2.05, 4.69) is 17.3 Å². The maximum atomic E-state index is 6.03. The fourth-order valence-corrected chi connectivity index (χ4v) is 3.12. The van der Waals surface area contributed by atoms with Crippen LogP contribution in [0.2, 0.25) is 5.02 Å². The first-order valence-electron chi connectivity index (χ1n) is 6.60. The average molecular weight is 267 g/mol. The number of benzene rings is 1. The van der Waals surface area contributed by atoms with Gasteiger partial charge in [-0.25, -0.2) is 0 Å². The van der Waals surface area contributed by atoms with Gasteiger partial charge in [0.2, 0.25) is 0 Å². The Bertz CT molecular complexity index is 438. The topological polar surface area (TPSA) is 24.5 Å². The highest BCUT2D eigenvalue weighted by Crippen LogP contribution is 2.34. The molecule has 0 bridgehead atoms. The Labute approximate surface area is 113 Å². The van der Waals surface area contributed by atoms with Crippen molar-refractivity contribution < 1.29 is 4.74 Å². The standard InChI is InChI=1S/C14H19ClN2O/c1-17-6-2-3-10(8-17)13-9-18-14-5-4-11(15)7-12(14)16-13/h4-5,7,10,13,16H,2-3,6,8-9H2,1H3. The molecule has 0 saturated carbocycles. The molecule has 2 heterocycles. The van der Waals surface area contributed by atoms with E-state index >= 15 is 0 Å². The maximum Gasteiger partial charge on any atom is 0.142 e. The summed E-state index contributed by atoms with van der Waals surface area (Å²) in [5, 5.41) is 4.35. The molecule has 1 N–H and O–H groups in total. The molecule has 0 radical (unpaired) electrons. The normalized spacial score (nSPS) is 28.1. The largest absolute Gasteiger partial charge is 0.489 e. The fourth-order valence-electron chi connectivity index (χ4n) is 2.95. The molecular weight excluding hydrogens is 248 g/mol. The Hall–Kier alpha value is -0.930. The second kappa shape index (κ2) is 4.98. The number of fused-ring (bicyclic) bond motifs is 1. The lowest BCUT2D eigenvalue weighted by Crippen LogP contribution is -2.45. The van der Waals surface area contributed by atoms with Crippen molar-refractivity contribution >= 4 is 17.3 Å². The Balaban J connectivity index is 1.73. The quantitative estimate of drug-likeness (QED) is 0.846. The third kappa shape index (κ3) is 2.43. The smallest absolute Gasteiger partial charge is 0.142 e. The zero-order valence-electron chi connectivity index (χ0n) is 10.7. The molecule has 18 heavy (non-hydrogen) atoms. The zero-order chi connectivity index (χ0) is 12.5. The van der Waals surface area contributed by atoms with E-state index in [1.54, 1.807) is 0 Å². The van der Waals surface area contributed by atoms with E-state index in [0.717, 1.165) is 29.6 Å². The van der Waals surface area contributed by atoms with E-state index in [1.807, 2.05) is 18.2 Å². The minimum Gasteiger partial charge on any atom is -0.489 e.